The standard InChI is InChI=1S/C17H27NO3/c1-13(2)16-5-3-4-6-17(16)21-12-15(20)11-18-9-7-14(19)8-10-18/h3-6,13-15,19-20H,7-12H2,1-2H3. The molecule has 118 valence electrons. The van der Waals surface area contributed by atoms with E-state index in [1.165, 1.54) is 5.56 Å². The third-order valence-electron chi connectivity index (χ3n) is 4.00. The smallest absolute Gasteiger partial charge is 0.122 e. The number of nitrogens with zero attached hydrogens (tertiary/aromatic N) is 1. The van der Waals surface area contributed by atoms with E-state index in [1.807, 2.05) is 18.2 Å². The van der Waals surface area contributed by atoms with Crippen molar-refractivity contribution in [1.29, 1.82) is 0 Å². The molecule has 0 radical (unpaired) electrons. The van der Waals surface area contributed by atoms with Crippen molar-refractivity contribution >= 4 is 0 Å². The molecule has 0 aliphatic carbocycles. The van der Waals surface area contributed by atoms with E-state index < -0.39 is 6.10 Å². The quantitative estimate of drug-likeness (QED) is 0.842. The Bertz CT molecular complexity index is 428. The van der Waals surface area contributed by atoms with Gasteiger partial charge >= 0.3 is 0 Å². The van der Waals surface area contributed by atoms with Crippen LogP contribution in [0, 0.1) is 0 Å². The first-order chi connectivity index (χ1) is 10.1. The molecule has 0 aromatic heterocycles. The number of β-amino-alcohol motifs (C(OH)–C–C–N with tert-alkyl or cyclic N) is 1. The maximum Gasteiger partial charge on any atom is 0.122 e. The molecule has 1 fully saturated rings. The van der Waals surface area contributed by atoms with Crippen molar-refractivity contribution in [3.05, 3.63) is 29.8 Å². The van der Waals surface area contributed by atoms with Gasteiger partial charge in [0.2, 0.25) is 0 Å². The second-order valence-corrected chi connectivity index (χ2v) is 6.19. The van der Waals surface area contributed by atoms with E-state index in [2.05, 4.69) is 24.8 Å². The molecule has 2 rings (SSSR count). The molecular weight excluding hydrogens is 266 g/mol. The van der Waals surface area contributed by atoms with Crippen molar-refractivity contribution in [1.82, 2.24) is 4.90 Å². The molecule has 1 aliphatic heterocycles. The van der Waals surface area contributed by atoms with Gasteiger partial charge in [-0.15, -0.1) is 0 Å². The third-order valence-corrected chi connectivity index (χ3v) is 4.00. The molecule has 0 saturated carbocycles. The maximum absolute atomic E-state index is 10.1. The highest BCUT2D eigenvalue weighted by Crippen LogP contribution is 2.25. The predicted molar refractivity (Wildman–Crippen MR) is 83.7 cm³/mol. The topological polar surface area (TPSA) is 52.9 Å². The Morgan fingerprint density at radius 2 is 1.90 bits per heavy atom. The summed E-state index contributed by atoms with van der Waals surface area (Å²) in [4.78, 5) is 2.19. The molecule has 21 heavy (non-hydrogen) atoms. The van der Waals surface area contributed by atoms with Gasteiger partial charge in [-0.3, -0.25) is 0 Å². The number of hydrogen-bond donors (Lipinski definition) is 2. The number of hydrogen-bond acceptors (Lipinski definition) is 4. The fourth-order valence-corrected chi connectivity index (χ4v) is 2.73. The van der Waals surface area contributed by atoms with Crippen LogP contribution in [0.25, 0.3) is 0 Å². The zero-order valence-electron chi connectivity index (χ0n) is 13.0. The summed E-state index contributed by atoms with van der Waals surface area (Å²) in [7, 11) is 0. The minimum atomic E-state index is -0.500. The van der Waals surface area contributed by atoms with Crippen molar-refractivity contribution < 1.29 is 14.9 Å². The van der Waals surface area contributed by atoms with Crippen molar-refractivity contribution in [2.75, 3.05) is 26.2 Å². The average Bonchev–Trinajstić information content (AvgIpc) is 2.48. The number of benzene rings is 1. The number of ether oxygens (including phenoxy) is 1. The van der Waals surface area contributed by atoms with Gasteiger partial charge in [0.15, 0.2) is 0 Å². The van der Waals surface area contributed by atoms with E-state index in [0.717, 1.165) is 31.7 Å². The van der Waals surface area contributed by atoms with Crippen LogP contribution in [0.1, 0.15) is 38.2 Å². The predicted octanol–water partition coefficient (Wildman–Crippen LogP) is 2.01. The minimum absolute atomic E-state index is 0.174. The lowest BCUT2D eigenvalue weighted by Crippen LogP contribution is -2.41. The molecule has 1 aromatic rings. The molecule has 0 bridgehead atoms. The lowest BCUT2D eigenvalue weighted by atomic mass is 10.0. The van der Waals surface area contributed by atoms with Crippen LogP contribution in [0.5, 0.6) is 5.75 Å². The van der Waals surface area contributed by atoms with Crippen LogP contribution in [0.2, 0.25) is 0 Å². The second kappa shape index (κ2) is 7.78. The monoisotopic (exact) mass is 293 g/mol. The SMILES string of the molecule is CC(C)c1ccccc1OCC(O)CN1CCC(O)CC1. The first kappa shape index (κ1) is 16.3. The highest BCUT2D eigenvalue weighted by molar-refractivity contribution is 5.35. The average molecular weight is 293 g/mol. The third kappa shape index (κ3) is 4.99. The summed E-state index contributed by atoms with van der Waals surface area (Å²) in [6.07, 6.45) is 0.918. The van der Waals surface area contributed by atoms with E-state index >= 15 is 0 Å². The lowest BCUT2D eigenvalue weighted by molar-refractivity contribution is 0.0336. The van der Waals surface area contributed by atoms with E-state index in [1.54, 1.807) is 0 Å². The molecule has 0 amide bonds. The van der Waals surface area contributed by atoms with E-state index in [4.69, 9.17) is 4.74 Å². The summed E-state index contributed by atoms with van der Waals surface area (Å²) in [5.41, 5.74) is 1.17. The summed E-state index contributed by atoms with van der Waals surface area (Å²) in [6.45, 7) is 6.89. The van der Waals surface area contributed by atoms with Crippen LogP contribution in [0.15, 0.2) is 24.3 Å². The molecule has 1 unspecified atom stereocenters. The van der Waals surface area contributed by atoms with Crippen molar-refractivity contribution in [2.24, 2.45) is 0 Å². The normalized spacial score (nSPS) is 18.9. The zero-order valence-corrected chi connectivity index (χ0v) is 13.0. The Balaban J connectivity index is 1.80. The molecule has 1 aromatic carbocycles. The molecule has 1 heterocycles. The Morgan fingerprint density at radius 1 is 1.24 bits per heavy atom. The van der Waals surface area contributed by atoms with Gasteiger partial charge in [-0.1, -0.05) is 32.0 Å². The van der Waals surface area contributed by atoms with Crippen molar-refractivity contribution in [2.45, 2.75) is 44.8 Å². The number of rotatable bonds is 6. The minimum Gasteiger partial charge on any atom is -0.491 e. The molecular formula is C17H27NO3. The molecule has 4 nitrogen and oxygen atoms in total. The van der Waals surface area contributed by atoms with Gasteiger partial charge in [0, 0.05) is 19.6 Å². The first-order valence-electron chi connectivity index (χ1n) is 7.86. The number of aliphatic hydroxyl groups is 2. The number of likely N-dealkylation sites (tertiary alicyclic amines) is 1. The second-order valence-electron chi connectivity index (χ2n) is 6.19. The maximum atomic E-state index is 10.1. The van der Waals surface area contributed by atoms with Crippen LogP contribution < -0.4 is 4.74 Å². The van der Waals surface area contributed by atoms with Crippen LogP contribution >= 0.6 is 0 Å². The summed E-state index contributed by atoms with van der Waals surface area (Å²) < 4.78 is 5.80. The van der Waals surface area contributed by atoms with Crippen LogP contribution in [-0.4, -0.2) is 53.6 Å². The fraction of sp³-hybridized carbons (Fsp3) is 0.647. The van der Waals surface area contributed by atoms with E-state index in [0.29, 0.717) is 19.1 Å². The van der Waals surface area contributed by atoms with Gasteiger partial charge in [0.05, 0.1) is 6.10 Å². The van der Waals surface area contributed by atoms with Gasteiger partial charge in [0.25, 0.3) is 0 Å². The highest BCUT2D eigenvalue weighted by atomic mass is 16.5. The van der Waals surface area contributed by atoms with Crippen molar-refractivity contribution in [3.8, 4) is 5.75 Å². The summed E-state index contributed by atoms with van der Waals surface area (Å²) in [5, 5.41) is 19.6. The molecule has 1 atom stereocenters. The number of aliphatic hydroxyl groups excluding tert-OH is 2. The zero-order chi connectivity index (χ0) is 15.2. The Labute approximate surface area is 127 Å². The number of piperidine rings is 1. The first-order valence-corrected chi connectivity index (χ1v) is 7.86. The molecule has 1 aliphatic rings. The largest absolute Gasteiger partial charge is 0.491 e. The van der Waals surface area contributed by atoms with Gasteiger partial charge in [-0.2, -0.15) is 0 Å². The van der Waals surface area contributed by atoms with Gasteiger partial charge in [0.1, 0.15) is 18.5 Å². The lowest BCUT2D eigenvalue weighted by Gasteiger charge is -2.31. The van der Waals surface area contributed by atoms with Crippen LogP contribution in [-0.2, 0) is 0 Å². The van der Waals surface area contributed by atoms with Gasteiger partial charge in [-0.05, 0) is 30.4 Å². The molecule has 1 saturated heterocycles. The molecule has 2 N–H and O–H groups in total. The molecule has 4 heteroatoms. The highest BCUT2D eigenvalue weighted by Gasteiger charge is 2.19. The fourth-order valence-electron chi connectivity index (χ4n) is 2.73. The summed E-state index contributed by atoms with van der Waals surface area (Å²) in [6, 6.07) is 8.00. The number of para-hydroxylation sites is 1. The molecule has 0 spiro atoms. The van der Waals surface area contributed by atoms with E-state index in [9.17, 15) is 10.2 Å². The summed E-state index contributed by atoms with van der Waals surface area (Å²) in [5.74, 6) is 1.27. The Hall–Kier alpha value is -1.10. The Kier molecular flexibility index (Phi) is 6.03. The van der Waals surface area contributed by atoms with Crippen LogP contribution in [0.3, 0.4) is 0 Å². The Morgan fingerprint density at radius 3 is 2.57 bits per heavy atom. The van der Waals surface area contributed by atoms with E-state index in [-0.39, 0.29) is 6.10 Å². The van der Waals surface area contributed by atoms with Gasteiger partial charge in [-0.25, -0.2) is 0 Å². The van der Waals surface area contributed by atoms with Gasteiger partial charge < -0.3 is 19.8 Å². The van der Waals surface area contributed by atoms with Crippen LogP contribution in [0.4, 0.5) is 0 Å². The summed E-state index contributed by atoms with van der Waals surface area (Å²) >= 11 is 0. The van der Waals surface area contributed by atoms with Crippen molar-refractivity contribution in [3.63, 3.8) is 0 Å².